The van der Waals surface area contributed by atoms with Crippen LogP contribution in [-0.2, 0) is 27.7 Å². The van der Waals surface area contributed by atoms with Gasteiger partial charge in [0, 0.05) is 25.7 Å². The topological polar surface area (TPSA) is 83.7 Å². The van der Waals surface area contributed by atoms with Gasteiger partial charge in [-0.15, -0.1) is 0 Å². The van der Waals surface area contributed by atoms with E-state index in [0.717, 1.165) is 17.7 Å². The second kappa shape index (κ2) is 5.62. The Kier molecular flexibility index (Phi) is 3.56. The average Bonchev–Trinajstić information content (AvgIpc) is 3.14. The molecule has 3 heterocycles. The normalized spacial score (nSPS) is 17.7. The van der Waals surface area contributed by atoms with Crippen LogP contribution < -0.4 is 4.31 Å². The number of sulfonamides is 1. The van der Waals surface area contributed by atoms with E-state index in [1.54, 1.807) is 11.0 Å². The van der Waals surface area contributed by atoms with Gasteiger partial charge in [0.2, 0.25) is 15.9 Å². The SMILES string of the molecule is O=C(Cc1ccon1)N1CC(S(=O)(=O)N2CCc3ccccc32)C1. The number of fused-ring (bicyclic) bond motifs is 1. The predicted molar refractivity (Wildman–Crippen MR) is 87.0 cm³/mol. The quantitative estimate of drug-likeness (QED) is 0.818. The summed E-state index contributed by atoms with van der Waals surface area (Å²) in [5, 5.41) is 3.17. The first-order valence-corrected chi connectivity index (χ1v) is 9.32. The molecule has 1 amide bonds. The monoisotopic (exact) mass is 347 g/mol. The van der Waals surface area contributed by atoms with Gasteiger partial charge in [0.05, 0.1) is 17.8 Å². The zero-order valence-corrected chi connectivity index (χ0v) is 13.8. The molecule has 126 valence electrons. The number of hydrogen-bond donors (Lipinski definition) is 0. The standard InChI is InChI=1S/C16H17N3O4S/c20-16(9-13-6-8-23-17-13)18-10-14(11-18)24(21,22)19-7-5-12-3-1-2-4-15(12)19/h1-4,6,8,14H,5,7,9-11H2. The molecule has 1 saturated heterocycles. The Balaban J connectivity index is 1.42. The molecule has 2 aliphatic heterocycles. The number of anilines is 1. The molecule has 8 heteroatoms. The number of benzene rings is 1. The lowest BCUT2D eigenvalue weighted by molar-refractivity contribution is -0.133. The Hall–Kier alpha value is -2.35. The fourth-order valence-corrected chi connectivity index (χ4v) is 5.07. The van der Waals surface area contributed by atoms with E-state index in [9.17, 15) is 13.2 Å². The molecule has 4 rings (SSSR count). The molecule has 2 aromatic rings. The molecule has 0 N–H and O–H groups in total. The Morgan fingerprint density at radius 1 is 1.25 bits per heavy atom. The lowest BCUT2D eigenvalue weighted by atomic mass is 10.2. The van der Waals surface area contributed by atoms with Crippen molar-refractivity contribution in [2.24, 2.45) is 0 Å². The molecular formula is C16H17N3O4S. The molecule has 7 nitrogen and oxygen atoms in total. The largest absolute Gasteiger partial charge is 0.364 e. The number of carbonyl (C=O) groups excluding carboxylic acids is 1. The first-order valence-electron chi connectivity index (χ1n) is 7.82. The van der Waals surface area contributed by atoms with E-state index in [2.05, 4.69) is 5.16 Å². The number of hydrogen-bond acceptors (Lipinski definition) is 5. The van der Waals surface area contributed by atoms with E-state index in [-0.39, 0.29) is 25.4 Å². The van der Waals surface area contributed by atoms with Gasteiger partial charge in [-0.3, -0.25) is 9.10 Å². The number of aromatic nitrogens is 1. The third kappa shape index (κ3) is 2.47. The Bertz CT molecular complexity index is 857. The van der Waals surface area contributed by atoms with Crippen LogP contribution in [-0.4, -0.2) is 49.3 Å². The second-order valence-corrected chi connectivity index (χ2v) is 8.22. The highest BCUT2D eigenvalue weighted by Crippen LogP contribution is 2.33. The van der Waals surface area contributed by atoms with Crippen molar-refractivity contribution in [2.45, 2.75) is 18.1 Å². The molecule has 2 aliphatic rings. The number of nitrogens with zero attached hydrogens (tertiary/aromatic N) is 3. The van der Waals surface area contributed by atoms with Crippen molar-refractivity contribution >= 4 is 21.6 Å². The van der Waals surface area contributed by atoms with E-state index < -0.39 is 15.3 Å². The van der Waals surface area contributed by atoms with Crippen LogP contribution >= 0.6 is 0 Å². The maximum atomic E-state index is 12.8. The van der Waals surface area contributed by atoms with Gasteiger partial charge < -0.3 is 9.42 Å². The second-order valence-electron chi connectivity index (χ2n) is 6.08. The van der Waals surface area contributed by atoms with Gasteiger partial charge in [-0.2, -0.15) is 0 Å². The van der Waals surface area contributed by atoms with E-state index in [0.29, 0.717) is 12.2 Å². The smallest absolute Gasteiger partial charge is 0.241 e. The summed E-state index contributed by atoms with van der Waals surface area (Å²) in [6.45, 7) is 0.945. The van der Waals surface area contributed by atoms with Gasteiger partial charge in [-0.1, -0.05) is 23.4 Å². The summed E-state index contributed by atoms with van der Waals surface area (Å²) in [5.74, 6) is -0.128. The summed E-state index contributed by atoms with van der Waals surface area (Å²) in [6, 6.07) is 9.20. The van der Waals surface area contributed by atoms with Gasteiger partial charge >= 0.3 is 0 Å². The van der Waals surface area contributed by atoms with Crippen molar-refractivity contribution < 1.29 is 17.7 Å². The Morgan fingerprint density at radius 2 is 2.04 bits per heavy atom. The molecule has 0 spiro atoms. The number of rotatable bonds is 4. The molecule has 0 aliphatic carbocycles. The van der Waals surface area contributed by atoms with E-state index in [1.807, 2.05) is 24.3 Å². The van der Waals surface area contributed by atoms with Crippen LogP contribution in [0, 0.1) is 0 Å². The summed E-state index contributed by atoms with van der Waals surface area (Å²) in [4.78, 5) is 13.7. The molecule has 24 heavy (non-hydrogen) atoms. The van der Waals surface area contributed by atoms with E-state index >= 15 is 0 Å². The number of para-hydroxylation sites is 1. The number of carbonyl (C=O) groups is 1. The third-order valence-corrected chi connectivity index (χ3v) is 6.73. The van der Waals surface area contributed by atoms with Gasteiger partial charge in [-0.05, 0) is 18.1 Å². The fourth-order valence-electron chi connectivity index (χ4n) is 3.18. The summed E-state index contributed by atoms with van der Waals surface area (Å²) in [6.07, 6.45) is 2.28. The van der Waals surface area contributed by atoms with Crippen LogP contribution in [0.4, 0.5) is 5.69 Å². The maximum absolute atomic E-state index is 12.8. The van der Waals surface area contributed by atoms with Crippen molar-refractivity contribution in [3.8, 4) is 0 Å². The first kappa shape index (κ1) is 15.2. The Morgan fingerprint density at radius 3 is 2.79 bits per heavy atom. The van der Waals surface area contributed by atoms with Crippen molar-refractivity contribution in [3.05, 3.63) is 47.9 Å². The van der Waals surface area contributed by atoms with Gasteiger partial charge in [0.15, 0.2) is 0 Å². The van der Waals surface area contributed by atoms with Crippen LogP contribution in [0.25, 0.3) is 0 Å². The van der Waals surface area contributed by atoms with Gasteiger partial charge in [0.25, 0.3) is 0 Å². The molecular weight excluding hydrogens is 330 g/mol. The molecule has 0 unspecified atom stereocenters. The zero-order chi connectivity index (χ0) is 16.7. The predicted octanol–water partition coefficient (Wildman–Crippen LogP) is 0.820. The minimum atomic E-state index is -3.44. The molecule has 0 atom stereocenters. The highest BCUT2D eigenvalue weighted by Gasteiger charge is 2.44. The highest BCUT2D eigenvalue weighted by molar-refractivity contribution is 7.93. The van der Waals surface area contributed by atoms with Crippen LogP contribution in [0.5, 0.6) is 0 Å². The number of amides is 1. The lowest BCUT2D eigenvalue weighted by Gasteiger charge is -2.40. The summed E-state index contributed by atoms with van der Waals surface area (Å²) >= 11 is 0. The average molecular weight is 347 g/mol. The molecule has 1 fully saturated rings. The molecule has 0 saturated carbocycles. The van der Waals surface area contributed by atoms with Crippen LogP contribution in [0.15, 0.2) is 41.1 Å². The third-order valence-electron chi connectivity index (χ3n) is 4.60. The molecule has 1 aromatic heterocycles. The summed E-state index contributed by atoms with van der Waals surface area (Å²) in [5.41, 5.74) is 2.38. The van der Waals surface area contributed by atoms with E-state index in [4.69, 9.17) is 4.52 Å². The number of likely N-dealkylation sites (tertiary alicyclic amines) is 1. The van der Waals surface area contributed by atoms with Gasteiger partial charge in [-0.25, -0.2) is 8.42 Å². The summed E-state index contributed by atoms with van der Waals surface area (Å²) in [7, 11) is -3.44. The van der Waals surface area contributed by atoms with Gasteiger partial charge in [0.1, 0.15) is 11.5 Å². The van der Waals surface area contributed by atoms with Crippen molar-refractivity contribution in [2.75, 3.05) is 23.9 Å². The van der Waals surface area contributed by atoms with Crippen molar-refractivity contribution in [3.63, 3.8) is 0 Å². The molecule has 0 radical (unpaired) electrons. The highest BCUT2D eigenvalue weighted by atomic mass is 32.2. The minimum absolute atomic E-state index is 0.128. The fraction of sp³-hybridized carbons (Fsp3) is 0.375. The van der Waals surface area contributed by atoms with Crippen LogP contribution in [0.2, 0.25) is 0 Å². The van der Waals surface area contributed by atoms with Crippen molar-refractivity contribution in [1.82, 2.24) is 10.1 Å². The Labute approximate surface area is 139 Å². The minimum Gasteiger partial charge on any atom is -0.364 e. The zero-order valence-electron chi connectivity index (χ0n) is 13.0. The van der Waals surface area contributed by atoms with E-state index in [1.165, 1.54) is 10.6 Å². The molecule has 0 bridgehead atoms. The lowest BCUT2D eigenvalue weighted by Crippen LogP contribution is -2.60. The van der Waals surface area contributed by atoms with Crippen LogP contribution in [0.3, 0.4) is 0 Å². The molecule has 1 aromatic carbocycles. The summed E-state index contributed by atoms with van der Waals surface area (Å²) < 4.78 is 31.8. The van der Waals surface area contributed by atoms with Crippen LogP contribution in [0.1, 0.15) is 11.3 Å². The maximum Gasteiger partial charge on any atom is 0.241 e. The van der Waals surface area contributed by atoms with Crippen molar-refractivity contribution in [1.29, 1.82) is 0 Å². The first-order chi connectivity index (χ1) is 11.6.